The molecule has 0 saturated carbocycles. The average molecular weight is 153 g/mol. The first-order chi connectivity index (χ1) is 5.24. The molecule has 0 aromatic carbocycles. The van der Waals surface area contributed by atoms with E-state index in [1.54, 1.807) is 0 Å². The van der Waals surface area contributed by atoms with Crippen molar-refractivity contribution in [3.63, 3.8) is 0 Å². The van der Waals surface area contributed by atoms with Crippen molar-refractivity contribution in [3.8, 4) is 0 Å². The van der Waals surface area contributed by atoms with Crippen LogP contribution in [-0.2, 0) is 11.3 Å². The van der Waals surface area contributed by atoms with Gasteiger partial charge in [0.1, 0.15) is 12.4 Å². The fourth-order valence-electron chi connectivity index (χ4n) is 0.674. The van der Waals surface area contributed by atoms with Gasteiger partial charge < -0.3 is 5.11 Å². The van der Waals surface area contributed by atoms with Crippen LogP contribution in [0.2, 0.25) is 0 Å². The number of aromatic nitrogens is 2. The monoisotopic (exact) mass is 153 g/mol. The lowest BCUT2D eigenvalue weighted by atomic mass is 10.6. The summed E-state index contributed by atoms with van der Waals surface area (Å²) in [5.41, 5.74) is 0. The molecule has 0 spiro atoms. The highest BCUT2D eigenvalue weighted by molar-refractivity contribution is 5.67. The molecule has 56 valence electrons. The van der Waals surface area contributed by atoms with E-state index in [-0.39, 0.29) is 12.5 Å². The summed E-state index contributed by atoms with van der Waals surface area (Å²) in [7, 11) is 0. The summed E-state index contributed by atoms with van der Waals surface area (Å²) in [5.74, 6) is -1.01. The van der Waals surface area contributed by atoms with Gasteiger partial charge in [0.15, 0.2) is 6.54 Å². The molecular formula is C5H5N4O2+. The van der Waals surface area contributed by atoms with Crippen molar-refractivity contribution in [1.29, 1.82) is 5.39 Å². The molecule has 0 radical (unpaired) electrons. The number of aliphatic carboxylic acids is 1. The van der Waals surface area contributed by atoms with Crippen LogP contribution in [-0.4, -0.2) is 20.6 Å². The molecule has 0 bridgehead atoms. The summed E-state index contributed by atoms with van der Waals surface area (Å²) in [4.78, 5) is 16.5. The van der Waals surface area contributed by atoms with Crippen molar-refractivity contribution >= 4 is 11.9 Å². The molecule has 1 aromatic heterocycles. The summed E-state index contributed by atoms with van der Waals surface area (Å²) in [5, 5.41) is 16.6. The number of carbonyl (C=O) groups is 1. The van der Waals surface area contributed by atoms with Crippen molar-refractivity contribution in [1.82, 2.24) is 9.55 Å². The van der Waals surface area contributed by atoms with Crippen LogP contribution < -0.4 is 0 Å². The maximum Gasteiger partial charge on any atom is 0.528 e. The Morgan fingerprint density at radius 3 is 3.18 bits per heavy atom. The van der Waals surface area contributed by atoms with Gasteiger partial charge in [-0.1, -0.05) is 4.98 Å². The summed E-state index contributed by atoms with van der Waals surface area (Å²) in [6.07, 6.45) is 2.78. The number of hydrogen-bond acceptors (Lipinski definition) is 3. The van der Waals surface area contributed by atoms with Crippen LogP contribution in [0, 0.1) is 5.39 Å². The Bertz CT molecular complexity index is 311. The molecule has 0 atom stereocenters. The summed E-state index contributed by atoms with van der Waals surface area (Å²) in [6, 6.07) is 0. The molecule has 0 unspecified atom stereocenters. The lowest BCUT2D eigenvalue weighted by Crippen LogP contribution is -2.06. The Kier molecular flexibility index (Phi) is 1.83. The molecule has 0 aliphatic carbocycles. The molecule has 0 aliphatic rings. The molecular weight excluding hydrogens is 148 g/mol. The quantitative estimate of drug-likeness (QED) is 0.625. The van der Waals surface area contributed by atoms with Crippen molar-refractivity contribution in [3.05, 3.63) is 17.4 Å². The number of imidazole rings is 1. The van der Waals surface area contributed by atoms with Gasteiger partial charge in [0.05, 0.1) is 5.39 Å². The first-order valence-corrected chi connectivity index (χ1v) is 2.82. The highest BCUT2D eigenvalue weighted by Gasteiger charge is 2.15. The highest BCUT2D eigenvalue weighted by Crippen LogP contribution is 2.06. The maximum absolute atomic E-state index is 10.2. The second kappa shape index (κ2) is 2.79. The number of carboxylic acids is 1. The van der Waals surface area contributed by atoms with E-state index in [9.17, 15) is 4.79 Å². The second-order valence-electron chi connectivity index (χ2n) is 1.85. The van der Waals surface area contributed by atoms with Crippen molar-refractivity contribution < 1.29 is 9.90 Å². The molecule has 1 rings (SSSR count). The molecule has 0 saturated heterocycles. The van der Waals surface area contributed by atoms with Gasteiger partial charge in [-0.15, -0.1) is 0 Å². The molecule has 0 fully saturated rings. The van der Waals surface area contributed by atoms with E-state index in [1.807, 2.05) is 0 Å². The fraction of sp³-hybridized carbons (Fsp3) is 0.200. The minimum Gasteiger partial charge on any atom is -0.479 e. The van der Waals surface area contributed by atoms with E-state index < -0.39 is 5.97 Å². The summed E-state index contributed by atoms with van der Waals surface area (Å²) in [6.45, 7) is -0.251. The number of carboxylic acid groups (broad SMARTS) is 1. The number of hydrogen-bond donors (Lipinski definition) is 1. The van der Waals surface area contributed by atoms with Gasteiger partial charge in [-0.2, -0.15) is 0 Å². The zero-order valence-electron chi connectivity index (χ0n) is 5.51. The number of diazo groups is 1. The maximum atomic E-state index is 10.2. The first-order valence-electron chi connectivity index (χ1n) is 2.82. The Morgan fingerprint density at radius 2 is 2.64 bits per heavy atom. The second-order valence-corrected chi connectivity index (χ2v) is 1.85. The Hall–Kier alpha value is -1.90. The first kappa shape index (κ1) is 7.21. The van der Waals surface area contributed by atoms with Gasteiger partial charge in [0.2, 0.25) is 0 Å². The van der Waals surface area contributed by atoms with E-state index in [4.69, 9.17) is 10.5 Å². The van der Waals surface area contributed by atoms with Crippen molar-refractivity contribution in [2.75, 3.05) is 0 Å². The Labute approximate surface area is 61.7 Å². The van der Waals surface area contributed by atoms with Crippen LogP contribution in [0.1, 0.15) is 0 Å². The zero-order chi connectivity index (χ0) is 8.27. The number of rotatable bonds is 2. The van der Waals surface area contributed by atoms with E-state index in [2.05, 4.69) is 9.96 Å². The number of nitrogens with zero attached hydrogens (tertiary/aromatic N) is 4. The molecule has 0 amide bonds. The minimum atomic E-state index is -1.01. The average Bonchev–Trinajstić information content (AvgIpc) is 2.34. The van der Waals surface area contributed by atoms with Gasteiger partial charge in [-0.3, -0.25) is 0 Å². The third-order valence-corrected chi connectivity index (χ3v) is 1.09. The topological polar surface area (TPSA) is 83.3 Å². The third-order valence-electron chi connectivity index (χ3n) is 1.09. The van der Waals surface area contributed by atoms with Gasteiger partial charge in [0, 0.05) is 0 Å². The lowest BCUT2D eigenvalue weighted by molar-refractivity contribution is -0.137. The van der Waals surface area contributed by atoms with Crippen LogP contribution in [0.3, 0.4) is 0 Å². The highest BCUT2D eigenvalue weighted by atomic mass is 16.4. The lowest BCUT2D eigenvalue weighted by Gasteiger charge is -1.87. The zero-order valence-corrected chi connectivity index (χ0v) is 5.51. The largest absolute Gasteiger partial charge is 0.528 e. The Balaban J connectivity index is 2.87. The van der Waals surface area contributed by atoms with E-state index in [1.165, 1.54) is 17.0 Å². The van der Waals surface area contributed by atoms with Crippen LogP contribution in [0.5, 0.6) is 0 Å². The molecule has 0 aliphatic heterocycles. The predicted molar refractivity (Wildman–Crippen MR) is 34.6 cm³/mol. The third kappa shape index (κ3) is 1.52. The summed E-state index contributed by atoms with van der Waals surface area (Å²) < 4.78 is 1.21. The van der Waals surface area contributed by atoms with Crippen molar-refractivity contribution in [2.24, 2.45) is 0 Å². The van der Waals surface area contributed by atoms with E-state index in [0.29, 0.717) is 0 Å². The van der Waals surface area contributed by atoms with Gasteiger partial charge in [-0.25, -0.2) is 9.36 Å². The van der Waals surface area contributed by atoms with Crippen LogP contribution in [0.4, 0.5) is 5.95 Å². The Morgan fingerprint density at radius 1 is 1.91 bits per heavy atom. The normalized spacial score (nSPS) is 9.00. The van der Waals surface area contributed by atoms with Crippen LogP contribution >= 0.6 is 0 Å². The molecule has 1 N–H and O–H groups in total. The SMILES string of the molecule is N#[N+]c1nccn1CC(=O)O. The van der Waals surface area contributed by atoms with Gasteiger partial charge in [-0.05, 0) is 4.98 Å². The van der Waals surface area contributed by atoms with Gasteiger partial charge in [0.25, 0.3) is 0 Å². The van der Waals surface area contributed by atoms with Gasteiger partial charge >= 0.3 is 11.9 Å². The predicted octanol–water partition coefficient (Wildman–Crippen LogP) is 0.452. The minimum absolute atomic E-state index is 0.00704. The van der Waals surface area contributed by atoms with E-state index >= 15 is 0 Å². The smallest absolute Gasteiger partial charge is 0.479 e. The van der Waals surface area contributed by atoms with Crippen LogP contribution in [0.25, 0.3) is 4.98 Å². The molecule has 1 heterocycles. The summed E-state index contributed by atoms with van der Waals surface area (Å²) >= 11 is 0. The molecule has 11 heavy (non-hydrogen) atoms. The van der Waals surface area contributed by atoms with Crippen molar-refractivity contribution in [2.45, 2.75) is 6.54 Å². The molecule has 1 aromatic rings. The van der Waals surface area contributed by atoms with Crippen LogP contribution in [0.15, 0.2) is 12.4 Å². The van der Waals surface area contributed by atoms with E-state index in [0.717, 1.165) is 0 Å². The fourth-order valence-corrected chi connectivity index (χ4v) is 0.674. The standard InChI is InChI=1S/C5H4N4O2/c6-8-5-7-1-2-9(5)3-4(10)11/h1-2H,3H2/p+1. The molecule has 6 heteroatoms. The molecule has 6 nitrogen and oxygen atoms in total.